The van der Waals surface area contributed by atoms with Crippen molar-refractivity contribution in [1.29, 1.82) is 0 Å². The largest absolute Gasteiger partial charge is 0.493 e. The van der Waals surface area contributed by atoms with Gasteiger partial charge in [0, 0.05) is 12.5 Å². The lowest BCUT2D eigenvalue weighted by Gasteiger charge is -2.23. The van der Waals surface area contributed by atoms with Crippen molar-refractivity contribution >= 4 is 0 Å². The highest BCUT2D eigenvalue weighted by molar-refractivity contribution is 5.74. The molecule has 0 aliphatic carbocycles. The van der Waals surface area contributed by atoms with Crippen LogP contribution < -0.4 is 14.8 Å². The summed E-state index contributed by atoms with van der Waals surface area (Å²) in [6, 6.07) is 30.6. The van der Waals surface area contributed by atoms with Crippen LogP contribution in [0.5, 0.6) is 11.5 Å². The summed E-state index contributed by atoms with van der Waals surface area (Å²) in [5.41, 5.74) is 5.90. The minimum absolute atomic E-state index is 0.0554. The summed E-state index contributed by atoms with van der Waals surface area (Å²) in [5.74, 6) is 1.46. The molecule has 246 valence electrons. The molecule has 46 heavy (non-hydrogen) atoms. The van der Waals surface area contributed by atoms with Crippen LogP contribution in [-0.2, 0) is 0 Å². The van der Waals surface area contributed by atoms with Gasteiger partial charge in [-0.3, -0.25) is 0 Å². The Bertz CT molecular complexity index is 1340. The molecule has 0 bridgehead atoms. The zero-order valence-electron chi connectivity index (χ0n) is 27.0. The lowest BCUT2D eigenvalue weighted by molar-refractivity contribution is 0.0597. The first-order valence-corrected chi connectivity index (χ1v) is 16.3. The molecule has 0 aliphatic heterocycles. The highest BCUT2D eigenvalue weighted by Gasteiger charge is 2.21. The maximum atomic E-state index is 10.7. The highest BCUT2D eigenvalue weighted by Crippen LogP contribution is 2.35. The molecule has 4 rings (SSSR count). The Kier molecular flexibility index (Phi) is 14.1. The van der Waals surface area contributed by atoms with Crippen molar-refractivity contribution in [2.24, 2.45) is 5.92 Å². The summed E-state index contributed by atoms with van der Waals surface area (Å²) in [6.45, 7) is 5.57. The third-order valence-corrected chi connectivity index (χ3v) is 8.61. The third kappa shape index (κ3) is 9.64. The van der Waals surface area contributed by atoms with Gasteiger partial charge in [-0.2, -0.15) is 0 Å². The number of ether oxygens (including phenoxy) is 2. The Labute approximate surface area is 273 Å². The van der Waals surface area contributed by atoms with Crippen LogP contribution in [0.15, 0.2) is 97.1 Å². The maximum Gasteiger partial charge on any atom is 0.122 e. The molecule has 5 N–H and O–H groups in total. The van der Waals surface area contributed by atoms with Gasteiger partial charge < -0.3 is 35.2 Å². The molecule has 0 aromatic heterocycles. The van der Waals surface area contributed by atoms with E-state index in [1.807, 2.05) is 84.9 Å². The van der Waals surface area contributed by atoms with Gasteiger partial charge in [0.1, 0.15) is 11.5 Å². The minimum Gasteiger partial charge on any atom is -0.493 e. The Morgan fingerprint density at radius 2 is 1.11 bits per heavy atom. The van der Waals surface area contributed by atoms with Gasteiger partial charge >= 0.3 is 0 Å². The number of rotatable bonds is 19. The molecule has 7 nitrogen and oxygen atoms in total. The van der Waals surface area contributed by atoms with Crippen molar-refractivity contribution < 1.29 is 29.9 Å². The van der Waals surface area contributed by atoms with Crippen LogP contribution in [0.1, 0.15) is 60.1 Å². The zero-order valence-corrected chi connectivity index (χ0v) is 27.0. The summed E-state index contributed by atoms with van der Waals surface area (Å²) >= 11 is 0. The molecule has 0 fully saturated rings. The Balaban J connectivity index is 1.26. The first-order chi connectivity index (χ1) is 22.4. The average molecular weight is 628 g/mol. The number of aliphatic hydroxyl groups excluding tert-OH is 4. The molecular weight excluding hydrogens is 578 g/mol. The van der Waals surface area contributed by atoms with E-state index in [0.717, 1.165) is 57.7 Å². The van der Waals surface area contributed by atoms with Crippen LogP contribution in [0.4, 0.5) is 0 Å². The first-order valence-electron chi connectivity index (χ1n) is 16.3. The summed E-state index contributed by atoms with van der Waals surface area (Å²) in [4.78, 5) is 0. The lowest BCUT2D eigenvalue weighted by Crippen LogP contribution is -2.39. The standard InChI is InChI=1S/C39H49NO6/c1-28-33(19-11-21-36(28)45-24-10-9-18-32(26-41)38(43)30-14-5-3-6-15-30)34-20-12-22-37(29(34)2)46-25-13-23-40-35(27-42)39(44)31-16-7-4-8-17-31/h3-8,11-12,14-17,19-22,32,35,38-44H,9-10,13,18,23-27H2,1-2H3/t32-,35-,38-,39-/m1/s1. The molecule has 0 saturated carbocycles. The fraction of sp³-hybridized carbons (Fsp3) is 0.385. The van der Waals surface area contributed by atoms with E-state index in [4.69, 9.17) is 9.47 Å². The van der Waals surface area contributed by atoms with Crippen molar-refractivity contribution in [3.63, 3.8) is 0 Å². The van der Waals surface area contributed by atoms with Crippen molar-refractivity contribution in [3.8, 4) is 22.6 Å². The van der Waals surface area contributed by atoms with Crippen molar-refractivity contribution in [3.05, 3.63) is 119 Å². The summed E-state index contributed by atoms with van der Waals surface area (Å²) in [7, 11) is 0. The lowest BCUT2D eigenvalue weighted by atomic mass is 9.92. The second-order valence-electron chi connectivity index (χ2n) is 11.8. The van der Waals surface area contributed by atoms with Crippen LogP contribution in [0.25, 0.3) is 11.1 Å². The molecule has 0 amide bonds. The number of benzene rings is 4. The van der Waals surface area contributed by atoms with Gasteiger partial charge in [-0.1, -0.05) is 84.9 Å². The fourth-order valence-corrected chi connectivity index (χ4v) is 5.79. The predicted octanol–water partition coefficient (Wildman–Crippen LogP) is 6.31. The Morgan fingerprint density at radius 1 is 0.587 bits per heavy atom. The van der Waals surface area contributed by atoms with Crippen LogP contribution in [0, 0.1) is 19.8 Å². The molecule has 0 radical (unpaired) electrons. The number of hydrogen-bond donors (Lipinski definition) is 5. The molecule has 0 saturated heterocycles. The second kappa shape index (κ2) is 18.4. The molecule has 4 aromatic rings. The van der Waals surface area contributed by atoms with Gasteiger partial charge in [0.25, 0.3) is 0 Å². The summed E-state index contributed by atoms with van der Waals surface area (Å²) in [5, 5.41) is 44.2. The van der Waals surface area contributed by atoms with E-state index in [1.54, 1.807) is 0 Å². The number of unbranched alkanes of at least 4 members (excludes halogenated alkanes) is 1. The Hall–Kier alpha value is -3.72. The van der Waals surface area contributed by atoms with Crippen molar-refractivity contribution in [1.82, 2.24) is 5.32 Å². The van der Waals surface area contributed by atoms with E-state index in [1.165, 1.54) is 0 Å². The smallest absolute Gasteiger partial charge is 0.122 e. The monoisotopic (exact) mass is 627 g/mol. The summed E-state index contributed by atoms with van der Waals surface area (Å²) in [6.07, 6.45) is 1.64. The molecule has 4 atom stereocenters. The van der Waals surface area contributed by atoms with Crippen LogP contribution in [0.2, 0.25) is 0 Å². The van der Waals surface area contributed by atoms with E-state index in [2.05, 4.69) is 31.3 Å². The molecule has 7 heteroatoms. The minimum atomic E-state index is -0.786. The molecule has 4 aromatic carbocycles. The second-order valence-corrected chi connectivity index (χ2v) is 11.8. The van der Waals surface area contributed by atoms with E-state index in [0.29, 0.717) is 32.6 Å². The van der Waals surface area contributed by atoms with Gasteiger partial charge in [0.05, 0.1) is 38.1 Å². The number of aliphatic hydroxyl groups is 4. The van der Waals surface area contributed by atoms with Gasteiger partial charge in [0.2, 0.25) is 0 Å². The normalized spacial score (nSPS) is 14.0. The topological polar surface area (TPSA) is 111 Å². The quantitative estimate of drug-likeness (QED) is 0.0775. The molecular formula is C39H49NO6. The van der Waals surface area contributed by atoms with Crippen LogP contribution >= 0.6 is 0 Å². The van der Waals surface area contributed by atoms with Gasteiger partial charge in [-0.15, -0.1) is 0 Å². The van der Waals surface area contributed by atoms with E-state index in [9.17, 15) is 20.4 Å². The van der Waals surface area contributed by atoms with Crippen LogP contribution in [0.3, 0.4) is 0 Å². The van der Waals surface area contributed by atoms with Gasteiger partial charge in [0.15, 0.2) is 0 Å². The SMILES string of the molecule is Cc1c(OCCCC[C@H](CO)[C@H](O)c2ccccc2)cccc1-c1cccc(OCCCN[C@H](CO)[C@H](O)c2ccccc2)c1C. The number of nitrogens with one attached hydrogen (secondary N) is 1. The average Bonchev–Trinajstić information content (AvgIpc) is 3.09. The zero-order chi connectivity index (χ0) is 32.7. The van der Waals surface area contributed by atoms with E-state index < -0.39 is 18.2 Å². The molecule has 0 aliphatic rings. The molecule has 0 unspecified atom stereocenters. The van der Waals surface area contributed by atoms with Crippen molar-refractivity contribution in [2.45, 2.75) is 57.8 Å². The van der Waals surface area contributed by atoms with Gasteiger partial charge in [-0.05, 0) is 91.6 Å². The Morgan fingerprint density at radius 3 is 1.63 bits per heavy atom. The van der Waals surface area contributed by atoms with Crippen LogP contribution in [-0.4, -0.2) is 59.4 Å². The van der Waals surface area contributed by atoms with E-state index >= 15 is 0 Å². The third-order valence-electron chi connectivity index (χ3n) is 8.61. The summed E-state index contributed by atoms with van der Waals surface area (Å²) < 4.78 is 12.4. The number of hydrogen-bond acceptors (Lipinski definition) is 7. The van der Waals surface area contributed by atoms with E-state index in [-0.39, 0.29) is 19.1 Å². The predicted molar refractivity (Wildman–Crippen MR) is 183 cm³/mol. The highest BCUT2D eigenvalue weighted by atomic mass is 16.5. The van der Waals surface area contributed by atoms with Gasteiger partial charge in [-0.25, -0.2) is 0 Å². The molecule has 0 spiro atoms. The fourth-order valence-electron chi connectivity index (χ4n) is 5.79. The maximum absolute atomic E-state index is 10.7. The molecule has 0 heterocycles. The first kappa shape index (κ1) is 35.1. The van der Waals surface area contributed by atoms with Crippen molar-refractivity contribution in [2.75, 3.05) is 33.0 Å².